The molecule has 1 saturated heterocycles. The Labute approximate surface area is 145 Å². The SMILES string of the molecule is Cl.NC1CCC2CN(C(=O)Cc3ccc([N+](=O)[O-])cc3Cl)CC12. The van der Waals surface area contributed by atoms with E-state index in [0.717, 1.165) is 25.9 Å². The zero-order valence-electron chi connectivity index (χ0n) is 12.5. The Hall–Kier alpha value is -1.37. The van der Waals surface area contributed by atoms with E-state index in [0.29, 0.717) is 17.4 Å². The zero-order valence-corrected chi connectivity index (χ0v) is 14.1. The molecule has 3 atom stereocenters. The first kappa shape index (κ1) is 18.0. The summed E-state index contributed by atoms with van der Waals surface area (Å²) in [6, 6.07) is 4.42. The lowest BCUT2D eigenvalue weighted by atomic mass is 9.98. The van der Waals surface area contributed by atoms with Gasteiger partial charge in [0.05, 0.1) is 16.4 Å². The predicted molar refractivity (Wildman–Crippen MR) is 89.8 cm³/mol. The van der Waals surface area contributed by atoms with E-state index < -0.39 is 4.92 Å². The Kier molecular flexibility index (Phi) is 5.49. The van der Waals surface area contributed by atoms with Gasteiger partial charge in [0.15, 0.2) is 0 Å². The molecule has 0 spiro atoms. The number of amides is 1. The summed E-state index contributed by atoms with van der Waals surface area (Å²) in [5, 5.41) is 11.0. The Balaban J connectivity index is 0.00000192. The van der Waals surface area contributed by atoms with Gasteiger partial charge in [0, 0.05) is 31.3 Å². The van der Waals surface area contributed by atoms with Crippen molar-refractivity contribution in [1.29, 1.82) is 0 Å². The molecule has 3 unspecified atom stereocenters. The van der Waals surface area contributed by atoms with Crippen LogP contribution < -0.4 is 5.73 Å². The highest BCUT2D eigenvalue weighted by molar-refractivity contribution is 6.31. The average molecular weight is 360 g/mol. The van der Waals surface area contributed by atoms with Gasteiger partial charge in [-0.3, -0.25) is 14.9 Å². The molecular weight excluding hydrogens is 341 g/mol. The predicted octanol–water partition coefficient (Wildman–Crippen LogP) is 2.41. The van der Waals surface area contributed by atoms with E-state index in [1.165, 1.54) is 12.1 Å². The second-order valence-electron chi connectivity index (χ2n) is 6.17. The van der Waals surface area contributed by atoms with Crippen LogP contribution in [0.5, 0.6) is 0 Å². The number of carbonyl (C=O) groups excluding carboxylic acids is 1. The monoisotopic (exact) mass is 359 g/mol. The van der Waals surface area contributed by atoms with Gasteiger partial charge in [-0.15, -0.1) is 12.4 Å². The molecule has 2 fully saturated rings. The number of nitro groups is 1. The van der Waals surface area contributed by atoms with Crippen molar-refractivity contribution in [2.24, 2.45) is 17.6 Å². The van der Waals surface area contributed by atoms with Crippen LogP contribution in [-0.2, 0) is 11.2 Å². The highest BCUT2D eigenvalue weighted by atomic mass is 35.5. The van der Waals surface area contributed by atoms with Gasteiger partial charge in [-0.05, 0) is 30.2 Å². The molecule has 2 N–H and O–H groups in total. The number of carbonyl (C=O) groups is 1. The number of hydrogen-bond donors (Lipinski definition) is 1. The minimum Gasteiger partial charge on any atom is -0.342 e. The molecule has 2 aliphatic rings. The summed E-state index contributed by atoms with van der Waals surface area (Å²) in [6.45, 7) is 1.48. The van der Waals surface area contributed by atoms with Crippen molar-refractivity contribution in [2.75, 3.05) is 13.1 Å². The van der Waals surface area contributed by atoms with Crippen molar-refractivity contribution >= 4 is 35.6 Å². The van der Waals surface area contributed by atoms with E-state index in [2.05, 4.69) is 0 Å². The van der Waals surface area contributed by atoms with Crippen LogP contribution >= 0.6 is 24.0 Å². The molecule has 3 rings (SSSR count). The summed E-state index contributed by atoms with van der Waals surface area (Å²) in [5.74, 6) is 0.944. The maximum Gasteiger partial charge on any atom is 0.270 e. The summed E-state index contributed by atoms with van der Waals surface area (Å²) < 4.78 is 0. The quantitative estimate of drug-likeness (QED) is 0.662. The Morgan fingerprint density at radius 3 is 2.74 bits per heavy atom. The summed E-state index contributed by atoms with van der Waals surface area (Å²) >= 11 is 6.05. The molecule has 1 saturated carbocycles. The number of nitrogens with two attached hydrogens (primary N) is 1. The molecule has 1 amide bonds. The first-order valence-electron chi connectivity index (χ1n) is 7.42. The molecule has 1 aliphatic carbocycles. The molecule has 8 heteroatoms. The molecule has 0 bridgehead atoms. The van der Waals surface area contributed by atoms with Gasteiger partial charge in [-0.25, -0.2) is 0 Å². The fourth-order valence-corrected chi connectivity index (χ4v) is 3.82. The third-order valence-corrected chi connectivity index (χ3v) is 5.21. The van der Waals surface area contributed by atoms with Crippen LogP contribution in [0, 0.1) is 22.0 Å². The number of fused-ring (bicyclic) bond motifs is 1. The molecule has 1 aromatic rings. The molecule has 1 aliphatic heterocycles. The van der Waals surface area contributed by atoms with Crippen LogP contribution in [0.1, 0.15) is 18.4 Å². The average Bonchev–Trinajstić information content (AvgIpc) is 3.03. The molecule has 6 nitrogen and oxygen atoms in total. The number of hydrogen-bond acceptors (Lipinski definition) is 4. The van der Waals surface area contributed by atoms with E-state index >= 15 is 0 Å². The van der Waals surface area contributed by atoms with E-state index in [-0.39, 0.29) is 41.5 Å². The fraction of sp³-hybridized carbons (Fsp3) is 0.533. The second-order valence-corrected chi connectivity index (χ2v) is 6.58. The van der Waals surface area contributed by atoms with Gasteiger partial charge in [0.25, 0.3) is 5.69 Å². The van der Waals surface area contributed by atoms with Gasteiger partial charge >= 0.3 is 0 Å². The van der Waals surface area contributed by atoms with Gasteiger partial charge in [-0.1, -0.05) is 17.7 Å². The Bertz CT molecular complexity index is 626. The van der Waals surface area contributed by atoms with Gasteiger partial charge in [0.1, 0.15) is 0 Å². The lowest BCUT2D eigenvalue weighted by Gasteiger charge is -2.19. The molecular formula is C15H19Cl2N3O3. The van der Waals surface area contributed by atoms with E-state index in [1.54, 1.807) is 6.07 Å². The third kappa shape index (κ3) is 3.59. The Morgan fingerprint density at radius 1 is 1.39 bits per heavy atom. The van der Waals surface area contributed by atoms with Crippen molar-refractivity contribution in [3.8, 4) is 0 Å². The minimum atomic E-state index is -0.499. The molecule has 0 aromatic heterocycles. The number of likely N-dealkylation sites (tertiary alicyclic amines) is 1. The summed E-state index contributed by atoms with van der Waals surface area (Å²) in [5.41, 5.74) is 6.64. The van der Waals surface area contributed by atoms with Crippen LogP contribution in [0.25, 0.3) is 0 Å². The Morgan fingerprint density at radius 2 is 2.13 bits per heavy atom. The maximum absolute atomic E-state index is 12.4. The molecule has 1 heterocycles. The molecule has 23 heavy (non-hydrogen) atoms. The van der Waals surface area contributed by atoms with Crippen LogP contribution in [-0.4, -0.2) is 34.9 Å². The molecule has 0 radical (unpaired) electrons. The fourth-order valence-electron chi connectivity index (χ4n) is 3.58. The highest BCUT2D eigenvalue weighted by Gasteiger charge is 2.42. The smallest absolute Gasteiger partial charge is 0.270 e. The van der Waals surface area contributed by atoms with Crippen LogP contribution in [0.4, 0.5) is 5.69 Å². The molecule has 126 valence electrons. The molecule has 1 aromatic carbocycles. The summed E-state index contributed by atoms with van der Waals surface area (Å²) in [7, 11) is 0. The van der Waals surface area contributed by atoms with Crippen molar-refractivity contribution in [1.82, 2.24) is 4.90 Å². The standard InChI is InChI=1S/C15H18ClN3O3.ClH/c16-13-6-11(19(21)22)3-1-9(13)5-15(20)18-7-10-2-4-14(17)12(10)8-18;/h1,3,6,10,12,14H,2,4-5,7-8,17H2;1H. The number of nitrogens with zero attached hydrogens (tertiary/aromatic N) is 2. The van der Waals surface area contributed by atoms with Crippen molar-refractivity contribution < 1.29 is 9.72 Å². The number of rotatable bonds is 3. The topological polar surface area (TPSA) is 89.5 Å². The van der Waals surface area contributed by atoms with Gasteiger partial charge < -0.3 is 10.6 Å². The summed E-state index contributed by atoms with van der Waals surface area (Å²) in [4.78, 5) is 24.5. The zero-order chi connectivity index (χ0) is 15.9. The highest BCUT2D eigenvalue weighted by Crippen LogP contribution is 2.37. The van der Waals surface area contributed by atoms with Gasteiger partial charge in [0.2, 0.25) is 5.91 Å². The number of nitro benzene ring substituents is 1. The van der Waals surface area contributed by atoms with Crippen molar-refractivity contribution in [3.63, 3.8) is 0 Å². The van der Waals surface area contributed by atoms with Crippen LogP contribution in [0.15, 0.2) is 18.2 Å². The van der Waals surface area contributed by atoms with Crippen LogP contribution in [0.2, 0.25) is 5.02 Å². The van der Waals surface area contributed by atoms with Crippen molar-refractivity contribution in [3.05, 3.63) is 38.9 Å². The lowest BCUT2D eigenvalue weighted by molar-refractivity contribution is -0.384. The van der Waals surface area contributed by atoms with E-state index in [1.807, 2.05) is 4.90 Å². The second kappa shape index (κ2) is 7.03. The maximum atomic E-state index is 12.4. The first-order chi connectivity index (χ1) is 10.5. The van der Waals surface area contributed by atoms with Crippen LogP contribution in [0.3, 0.4) is 0 Å². The number of benzene rings is 1. The summed E-state index contributed by atoms with van der Waals surface area (Å²) in [6.07, 6.45) is 2.31. The van der Waals surface area contributed by atoms with E-state index in [9.17, 15) is 14.9 Å². The number of non-ortho nitro benzene ring substituents is 1. The normalized spacial score (nSPS) is 25.8. The lowest BCUT2D eigenvalue weighted by Crippen LogP contribution is -2.34. The van der Waals surface area contributed by atoms with Gasteiger partial charge in [-0.2, -0.15) is 0 Å². The third-order valence-electron chi connectivity index (χ3n) is 4.85. The largest absolute Gasteiger partial charge is 0.342 e. The van der Waals surface area contributed by atoms with E-state index in [4.69, 9.17) is 17.3 Å². The minimum absolute atomic E-state index is 0. The van der Waals surface area contributed by atoms with Crippen molar-refractivity contribution in [2.45, 2.75) is 25.3 Å². The first-order valence-corrected chi connectivity index (χ1v) is 7.79. The number of halogens is 2.